The van der Waals surface area contributed by atoms with E-state index in [0.717, 1.165) is 42.8 Å². The van der Waals surface area contributed by atoms with Crippen molar-refractivity contribution in [1.29, 1.82) is 0 Å². The number of rotatable bonds is 3. The first-order valence-corrected chi connectivity index (χ1v) is 9.68. The Morgan fingerprint density at radius 3 is 2.43 bits per heavy atom. The Morgan fingerprint density at radius 1 is 1.00 bits per heavy atom. The minimum absolute atomic E-state index is 0.00416. The van der Waals surface area contributed by atoms with Crippen molar-refractivity contribution in [3.8, 4) is 11.1 Å². The van der Waals surface area contributed by atoms with E-state index in [1.165, 1.54) is 0 Å². The van der Waals surface area contributed by atoms with Crippen LogP contribution in [0.1, 0.15) is 5.56 Å². The number of carbonyl (C=O) groups excluding carboxylic acids is 1. The molecule has 144 valence electrons. The lowest BCUT2D eigenvalue weighted by Gasteiger charge is -2.32. The van der Waals surface area contributed by atoms with Gasteiger partial charge in [-0.1, -0.05) is 36.4 Å². The van der Waals surface area contributed by atoms with Gasteiger partial charge >= 0.3 is 0 Å². The molecule has 0 unspecified atom stereocenters. The SMILES string of the molecule is Cc1ccc2c(=O)c(-c3ccccc3)cn(CC(=O)N3CCN(C)CC3)c2c1. The molecule has 1 fully saturated rings. The summed E-state index contributed by atoms with van der Waals surface area (Å²) in [6.45, 7) is 5.53. The van der Waals surface area contributed by atoms with E-state index in [-0.39, 0.29) is 17.9 Å². The van der Waals surface area contributed by atoms with Crippen molar-refractivity contribution in [3.63, 3.8) is 0 Å². The van der Waals surface area contributed by atoms with E-state index in [2.05, 4.69) is 11.9 Å². The van der Waals surface area contributed by atoms with Crippen LogP contribution in [0, 0.1) is 6.92 Å². The standard InChI is InChI=1S/C23H25N3O2/c1-17-8-9-19-21(14-17)26(16-22(27)25-12-10-24(2)11-13-25)15-20(23(19)28)18-6-4-3-5-7-18/h3-9,14-15H,10-13,16H2,1-2H3. The summed E-state index contributed by atoms with van der Waals surface area (Å²) in [5.74, 6) is 0.0959. The first-order chi connectivity index (χ1) is 13.5. The molecule has 5 heteroatoms. The lowest BCUT2D eigenvalue weighted by atomic mass is 10.0. The Morgan fingerprint density at radius 2 is 1.71 bits per heavy atom. The van der Waals surface area contributed by atoms with Crippen molar-refractivity contribution in [2.45, 2.75) is 13.5 Å². The summed E-state index contributed by atoms with van der Waals surface area (Å²) in [7, 11) is 2.08. The van der Waals surface area contributed by atoms with Crippen LogP contribution in [0.2, 0.25) is 0 Å². The van der Waals surface area contributed by atoms with Crippen LogP contribution < -0.4 is 5.43 Å². The molecule has 1 aliphatic heterocycles. The van der Waals surface area contributed by atoms with Gasteiger partial charge in [0, 0.05) is 43.3 Å². The van der Waals surface area contributed by atoms with Crippen LogP contribution in [0.5, 0.6) is 0 Å². The summed E-state index contributed by atoms with van der Waals surface area (Å²) < 4.78 is 1.94. The minimum Gasteiger partial charge on any atom is -0.339 e. The van der Waals surface area contributed by atoms with Gasteiger partial charge in [-0.15, -0.1) is 0 Å². The Hall–Kier alpha value is -2.92. The fourth-order valence-corrected chi connectivity index (χ4v) is 3.76. The zero-order valence-corrected chi connectivity index (χ0v) is 16.4. The lowest BCUT2D eigenvalue weighted by molar-refractivity contribution is -0.133. The molecule has 1 saturated heterocycles. The molecule has 2 heterocycles. The summed E-state index contributed by atoms with van der Waals surface area (Å²) in [5.41, 5.74) is 3.38. The van der Waals surface area contributed by atoms with Crippen LogP contribution in [0.15, 0.2) is 59.5 Å². The summed E-state index contributed by atoms with van der Waals surface area (Å²) in [5, 5.41) is 0.651. The maximum atomic E-state index is 13.1. The van der Waals surface area contributed by atoms with Crippen LogP contribution in [-0.2, 0) is 11.3 Å². The van der Waals surface area contributed by atoms with Gasteiger partial charge in [0.15, 0.2) is 5.43 Å². The first-order valence-electron chi connectivity index (χ1n) is 9.68. The van der Waals surface area contributed by atoms with Gasteiger partial charge < -0.3 is 14.4 Å². The molecule has 0 atom stereocenters. The van der Waals surface area contributed by atoms with Crippen molar-refractivity contribution in [1.82, 2.24) is 14.4 Å². The number of nitrogens with zero attached hydrogens (tertiary/aromatic N) is 3. The monoisotopic (exact) mass is 375 g/mol. The van der Waals surface area contributed by atoms with Crippen molar-refractivity contribution < 1.29 is 4.79 Å². The van der Waals surface area contributed by atoms with Crippen LogP contribution in [0.25, 0.3) is 22.0 Å². The lowest BCUT2D eigenvalue weighted by Crippen LogP contribution is -2.48. The fraction of sp³-hybridized carbons (Fsp3) is 0.304. The highest BCUT2D eigenvalue weighted by molar-refractivity contribution is 5.86. The van der Waals surface area contributed by atoms with Gasteiger partial charge in [0.1, 0.15) is 6.54 Å². The maximum Gasteiger partial charge on any atom is 0.242 e. The van der Waals surface area contributed by atoms with Gasteiger partial charge in [0.05, 0.1) is 5.52 Å². The summed E-state index contributed by atoms with van der Waals surface area (Å²) in [6.07, 6.45) is 1.84. The Labute approximate surface area is 164 Å². The minimum atomic E-state index is 0.00416. The van der Waals surface area contributed by atoms with E-state index >= 15 is 0 Å². The second kappa shape index (κ2) is 7.60. The molecule has 2 aromatic carbocycles. The van der Waals surface area contributed by atoms with Gasteiger partial charge in [0.25, 0.3) is 0 Å². The van der Waals surface area contributed by atoms with E-state index in [1.807, 2.05) is 71.1 Å². The third kappa shape index (κ3) is 3.58. The number of hydrogen-bond donors (Lipinski definition) is 0. The van der Waals surface area contributed by atoms with Gasteiger partial charge in [-0.25, -0.2) is 0 Å². The molecule has 5 nitrogen and oxygen atoms in total. The average Bonchev–Trinajstić information content (AvgIpc) is 2.71. The molecule has 0 N–H and O–H groups in total. The number of aryl methyl sites for hydroxylation is 1. The van der Waals surface area contributed by atoms with Crippen LogP contribution >= 0.6 is 0 Å². The smallest absolute Gasteiger partial charge is 0.242 e. The number of amides is 1. The molecule has 0 bridgehead atoms. The summed E-state index contributed by atoms with van der Waals surface area (Å²) in [4.78, 5) is 30.2. The number of fused-ring (bicyclic) bond motifs is 1. The molecule has 4 rings (SSSR count). The van der Waals surface area contributed by atoms with E-state index in [0.29, 0.717) is 10.9 Å². The number of piperazine rings is 1. The molecule has 1 aliphatic rings. The summed E-state index contributed by atoms with van der Waals surface area (Å²) >= 11 is 0. The van der Waals surface area contributed by atoms with E-state index in [4.69, 9.17) is 0 Å². The second-order valence-corrected chi connectivity index (χ2v) is 7.57. The quantitative estimate of drug-likeness (QED) is 0.707. The molecular weight excluding hydrogens is 350 g/mol. The number of likely N-dealkylation sites (N-methyl/N-ethyl adjacent to an activating group) is 1. The molecule has 0 saturated carbocycles. The van der Waals surface area contributed by atoms with Gasteiger partial charge in [0.2, 0.25) is 5.91 Å². The van der Waals surface area contributed by atoms with Crippen molar-refractivity contribution in [3.05, 3.63) is 70.5 Å². The maximum absolute atomic E-state index is 13.1. The Kier molecular flexibility index (Phi) is 5.01. The molecule has 0 spiro atoms. The molecule has 1 aromatic heterocycles. The average molecular weight is 375 g/mol. The number of benzene rings is 2. The number of pyridine rings is 1. The van der Waals surface area contributed by atoms with E-state index in [9.17, 15) is 9.59 Å². The second-order valence-electron chi connectivity index (χ2n) is 7.57. The largest absolute Gasteiger partial charge is 0.339 e. The number of carbonyl (C=O) groups is 1. The van der Waals surface area contributed by atoms with Crippen LogP contribution in [0.3, 0.4) is 0 Å². The van der Waals surface area contributed by atoms with Crippen LogP contribution in [-0.4, -0.2) is 53.5 Å². The van der Waals surface area contributed by atoms with Gasteiger partial charge in [-0.05, 0) is 37.2 Å². The van der Waals surface area contributed by atoms with E-state index in [1.54, 1.807) is 0 Å². The van der Waals surface area contributed by atoms with Crippen molar-refractivity contribution in [2.24, 2.45) is 0 Å². The van der Waals surface area contributed by atoms with Crippen LogP contribution in [0.4, 0.5) is 0 Å². The highest BCUT2D eigenvalue weighted by Gasteiger charge is 2.20. The first kappa shape index (κ1) is 18.4. The van der Waals surface area contributed by atoms with Gasteiger partial charge in [-0.2, -0.15) is 0 Å². The Bertz CT molecular complexity index is 1060. The van der Waals surface area contributed by atoms with Crippen molar-refractivity contribution in [2.75, 3.05) is 33.2 Å². The third-order valence-corrected chi connectivity index (χ3v) is 5.48. The molecule has 3 aromatic rings. The van der Waals surface area contributed by atoms with E-state index < -0.39 is 0 Å². The van der Waals surface area contributed by atoms with Gasteiger partial charge in [-0.3, -0.25) is 9.59 Å². The highest BCUT2D eigenvalue weighted by atomic mass is 16.2. The normalized spacial score (nSPS) is 15.1. The predicted molar refractivity (Wildman–Crippen MR) is 112 cm³/mol. The topological polar surface area (TPSA) is 45.6 Å². The summed E-state index contributed by atoms with van der Waals surface area (Å²) in [6, 6.07) is 15.5. The zero-order chi connectivity index (χ0) is 19.7. The van der Waals surface area contributed by atoms with Crippen molar-refractivity contribution >= 4 is 16.8 Å². The molecule has 28 heavy (non-hydrogen) atoms. The third-order valence-electron chi connectivity index (χ3n) is 5.48. The number of aromatic nitrogens is 1. The highest BCUT2D eigenvalue weighted by Crippen LogP contribution is 2.21. The number of hydrogen-bond acceptors (Lipinski definition) is 3. The molecule has 0 radical (unpaired) electrons. The Balaban J connectivity index is 1.78. The fourth-order valence-electron chi connectivity index (χ4n) is 3.76. The predicted octanol–water partition coefficient (Wildman–Crippen LogP) is 2.75. The molecule has 0 aliphatic carbocycles. The molecule has 1 amide bonds. The molecular formula is C23H25N3O2. The zero-order valence-electron chi connectivity index (χ0n) is 16.4.